The molecule has 0 aliphatic carbocycles. The van der Waals surface area contributed by atoms with Gasteiger partial charge in [0.15, 0.2) is 5.78 Å². The quantitative estimate of drug-likeness (QED) is 0.278. The maximum absolute atomic E-state index is 12.7. The summed E-state index contributed by atoms with van der Waals surface area (Å²) in [6.07, 6.45) is -0.684. The highest BCUT2D eigenvalue weighted by molar-refractivity contribution is 9.10. The van der Waals surface area contributed by atoms with Crippen molar-refractivity contribution in [2.45, 2.75) is 32.7 Å². The van der Waals surface area contributed by atoms with E-state index in [9.17, 15) is 19.2 Å². The molecule has 0 fully saturated rings. The van der Waals surface area contributed by atoms with Crippen LogP contribution in [0.4, 0.5) is 5.69 Å². The smallest absolute Gasteiger partial charge is 0.344 e. The number of carbonyl (C=O) groups is 4. The molecule has 1 rings (SSSR count). The molecule has 142 valence electrons. The van der Waals surface area contributed by atoms with Crippen LogP contribution >= 0.6 is 15.9 Å². The third-order valence-corrected chi connectivity index (χ3v) is 3.87. The van der Waals surface area contributed by atoms with Crippen LogP contribution in [0.25, 0.3) is 0 Å². The number of esters is 2. The van der Waals surface area contributed by atoms with E-state index in [0.29, 0.717) is 4.47 Å². The number of anilines is 1. The third kappa shape index (κ3) is 5.04. The third-order valence-electron chi connectivity index (χ3n) is 3.38. The fourth-order valence-corrected chi connectivity index (χ4v) is 2.69. The molecule has 1 aromatic rings. The molecule has 0 unspecified atom stereocenters. The number of ether oxygens (including phenoxy) is 2. The predicted molar refractivity (Wildman–Crippen MR) is 97.3 cm³/mol. The maximum atomic E-state index is 12.7. The van der Waals surface area contributed by atoms with E-state index in [1.807, 2.05) is 0 Å². The largest absolute Gasteiger partial charge is 0.464 e. The summed E-state index contributed by atoms with van der Waals surface area (Å²) in [6, 6.07) is 4.57. The van der Waals surface area contributed by atoms with Crippen molar-refractivity contribution in [3.63, 3.8) is 0 Å². The number of halogens is 1. The van der Waals surface area contributed by atoms with Gasteiger partial charge in [-0.3, -0.25) is 9.59 Å². The van der Waals surface area contributed by atoms with Crippen LogP contribution in [0.2, 0.25) is 0 Å². The number of hydrogen-bond acceptors (Lipinski definition) is 7. The van der Waals surface area contributed by atoms with E-state index in [4.69, 9.17) is 15.2 Å². The van der Waals surface area contributed by atoms with Crippen molar-refractivity contribution in [3.05, 3.63) is 28.2 Å². The normalized spacial score (nSPS) is 10.8. The molecule has 8 nitrogen and oxygen atoms in total. The first-order valence-corrected chi connectivity index (χ1v) is 8.68. The highest BCUT2D eigenvalue weighted by Gasteiger charge is 2.51. The van der Waals surface area contributed by atoms with Gasteiger partial charge in [-0.1, -0.05) is 15.9 Å². The summed E-state index contributed by atoms with van der Waals surface area (Å²) in [6.45, 7) is 4.10. The number of ketones is 1. The zero-order chi connectivity index (χ0) is 19.9. The predicted octanol–water partition coefficient (Wildman–Crippen LogP) is 1.61. The van der Waals surface area contributed by atoms with Gasteiger partial charge in [-0.2, -0.15) is 0 Å². The lowest BCUT2D eigenvalue weighted by atomic mass is 9.89. The molecule has 0 radical (unpaired) electrons. The molecular weight excluding hydrogens is 408 g/mol. The van der Waals surface area contributed by atoms with Gasteiger partial charge in [0.2, 0.25) is 11.4 Å². The number of hydrogen-bond donors (Lipinski definition) is 2. The second-order valence-corrected chi connectivity index (χ2v) is 6.27. The molecule has 26 heavy (non-hydrogen) atoms. The Balaban J connectivity index is 3.36. The van der Waals surface area contributed by atoms with Gasteiger partial charge in [0, 0.05) is 22.6 Å². The minimum atomic E-state index is -2.28. The standard InChI is InChI=1S/C17H21BrN2O6/c1-4-25-15(23)17(20-10(3)21,16(24)26-5-2)9-14(22)12-7-6-11(18)8-13(12)19/h6-8H,4-5,9,19H2,1-3H3,(H,20,21). The second-order valence-electron chi connectivity index (χ2n) is 5.36. The molecule has 9 heteroatoms. The Morgan fingerprint density at radius 2 is 1.65 bits per heavy atom. The number of nitrogens with one attached hydrogen (secondary N) is 1. The Bertz CT molecular complexity index is 701. The van der Waals surface area contributed by atoms with Crippen LogP contribution in [0.3, 0.4) is 0 Å². The first-order chi connectivity index (χ1) is 12.2. The lowest BCUT2D eigenvalue weighted by Gasteiger charge is -2.29. The van der Waals surface area contributed by atoms with E-state index in [-0.39, 0.29) is 24.5 Å². The van der Waals surface area contributed by atoms with E-state index in [1.165, 1.54) is 26.0 Å². The fourth-order valence-electron chi connectivity index (χ4n) is 2.31. The highest BCUT2D eigenvalue weighted by atomic mass is 79.9. The summed E-state index contributed by atoms with van der Waals surface area (Å²) in [7, 11) is 0. The van der Waals surface area contributed by atoms with Crippen molar-refractivity contribution in [2.24, 2.45) is 0 Å². The number of nitrogen functional groups attached to an aromatic ring is 1. The van der Waals surface area contributed by atoms with E-state index >= 15 is 0 Å². The van der Waals surface area contributed by atoms with E-state index in [2.05, 4.69) is 21.2 Å². The zero-order valence-corrected chi connectivity index (χ0v) is 16.3. The molecule has 3 N–H and O–H groups in total. The van der Waals surface area contributed by atoms with Crippen LogP contribution in [0.15, 0.2) is 22.7 Å². The number of Topliss-reactive ketones (excluding diaryl/α,β-unsaturated/α-hetero) is 1. The summed E-state index contributed by atoms with van der Waals surface area (Å²) in [4.78, 5) is 49.4. The van der Waals surface area contributed by atoms with Gasteiger partial charge in [0.1, 0.15) is 0 Å². The van der Waals surface area contributed by atoms with Crippen LogP contribution < -0.4 is 11.1 Å². The van der Waals surface area contributed by atoms with Gasteiger partial charge in [-0.15, -0.1) is 0 Å². The molecule has 0 aliphatic rings. The molecule has 0 saturated carbocycles. The van der Waals surface area contributed by atoms with Gasteiger partial charge in [0.05, 0.1) is 19.6 Å². The minimum Gasteiger partial charge on any atom is -0.464 e. The summed E-state index contributed by atoms with van der Waals surface area (Å²) >= 11 is 3.23. The molecule has 0 heterocycles. The molecule has 0 aliphatic heterocycles. The van der Waals surface area contributed by atoms with Crippen molar-refractivity contribution in [2.75, 3.05) is 18.9 Å². The lowest BCUT2D eigenvalue weighted by molar-refractivity contribution is -0.167. The van der Waals surface area contributed by atoms with Crippen molar-refractivity contribution in [3.8, 4) is 0 Å². The molecule has 0 aromatic heterocycles. The van der Waals surface area contributed by atoms with Crippen LogP contribution in [0, 0.1) is 0 Å². The van der Waals surface area contributed by atoms with E-state index < -0.39 is 35.6 Å². The summed E-state index contributed by atoms with van der Waals surface area (Å²) in [5, 5.41) is 2.24. The first kappa shape index (κ1) is 21.6. The zero-order valence-electron chi connectivity index (χ0n) is 14.8. The number of rotatable bonds is 8. The number of nitrogens with two attached hydrogens (primary N) is 1. The average molecular weight is 429 g/mol. The highest BCUT2D eigenvalue weighted by Crippen LogP contribution is 2.24. The maximum Gasteiger partial charge on any atom is 0.344 e. The van der Waals surface area contributed by atoms with Crippen LogP contribution in [0.5, 0.6) is 0 Å². The van der Waals surface area contributed by atoms with Gasteiger partial charge >= 0.3 is 11.9 Å². The molecule has 0 spiro atoms. The van der Waals surface area contributed by atoms with Gasteiger partial charge in [0.25, 0.3) is 0 Å². The Kier molecular flexibility index (Phi) is 7.76. The van der Waals surface area contributed by atoms with Crippen molar-refractivity contribution < 1.29 is 28.7 Å². The number of amides is 1. The Morgan fingerprint density at radius 3 is 2.08 bits per heavy atom. The van der Waals surface area contributed by atoms with Gasteiger partial charge in [-0.05, 0) is 32.0 Å². The lowest BCUT2D eigenvalue weighted by Crippen LogP contribution is -2.62. The summed E-state index contributed by atoms with van der Waals surface area (Å²) < 4.78 is 10.5. The Hall–Kier alpha value is -2.42. The van der Waals surface area contributed by atoms with Crippen LogP contribution in [-0.2, 0) is 23.9 Å². The minimum absolute atomic E-state index is 0.0474. The van der Waals surface area contributed by atoms with Gasteiger partial charge < -0.3 is 20.5 Å². The van der Waals surface area contributed by atoms with E-state index in [0.717, 1.165) is 6.92 Å². The molecule has 0 saturated heterocycles. The fraction of sp³-hybridized carbons (Fsp3) is 0.412. The number of carbonyl (C=O) groups excluding carboxylic acids is 4. The second kappa shape index (κ2) is 9.33. The molecule has 0 atom stereocenters. The summed E-state index contributed by atoms with van der Waals surface area (Å²) in [5.74, 6) is -3.46. The van der Waals surface area contributed by atoms with Crippen molar-refractivity contribution in [1.29, 1.82) is 0 Å². The topological polar surface area (TPSA) is 125 Å². The van der Waals surface area contributed by atoms with Crippen molar-refractivity contribution >= 4 is 45.2 Å². The molecule has 0 bridgehead atoms. The molecule has 1 amide bonds. The Labute approximate surface area is 159 Å². The van der Waals surface area contributed by atoms with E-state index in [1.54, 1.807) is 6.07 Å². The molecule has 1 aromatic carbocycles. The first-order valence-electron chi connectivity index (χ1n) is 7.89. The molecular formula is C17H21BrN2O6. The Morgan fingerprint density at radius 1 is 1.12 bits per heavy atom. The number of benzene rings is 1. The van der Waals surface area contributed by atoms with Crippen LogP contribution in [0.1, 0.15) is 37.6 Å². The summed E-state index contributed by atoms with van der Waals surface area (Å²) in [5.41, 5.74) is 3.83. The average Bonchev–Trinajstić information content (AvgIpc) is 2.53. The van der Waals surface area contributed by atoms with Crippen LogP contribution in [-0.4, -0.2) is 42.4 Å². The van der Waals surface area contributed by atoms with Gasteiger partial charge in [-0.25, -0.2) is 9.59 Å². The van der Waals surface area contributed by atoms with Crippen molar-refractivity contribution in [1.82, 2.24) is 5.32 Å². The monoisotopic (exact) mass is 428 g/mol. The SMILES string of the molecule is CCOC(=O)C(CC(=O)c1ccc(Br)cc1N)(NC(C)=O)C(=O)OCC.